The predicted octanol–water partition coefficient (Wildman–Crippen LogP) is 3.85. The Morgan fingerprint density at radius 3 is 2.50 bits per heavy atom. The number of carbonyl (C=O) groups is 1. The van der Waals surface area contributed by atoms with Crippen LogP contribution in [0.3, 0.4) is 0 Å². The minimum atomic E-state index is -0.413. The van der Waals surface area contributed by atoms with E-state index >= 15 is 0 Å². The Morgan fingerprint density at radius 1 is 1.32 bits per heavy atom. The van der Waals surface area contributed by atoms with Crippen molar-refractivity contribution in [3.05, 3.63) is 0 Å². The molecule has 2 aliphatic rings. The van der Waals surface area contributed by atoms with Gasteiger partial charge in [0.2, 0.25) is 0 Å². The summed E-state index contributed by atoms with van der Waals surface area (Å²) in [6.07, 6.45) is 7.05. The quantitative estimate of drug-likeness (QED) is 0.811. The number of nitrogens with one attached hydrogen (secondary N) is 2. The van der Waals surface area contributed by atoms with Crippen molar-refractivity contribution in [3.63, 3.8) is 0 Å². The first kappa shape index (κ1) is 17.6. The second-order valence-electron chi connectivity index (χ2n) is 8.46. The summed E-state index contributed by atoms with van der Waals surface area (Å²) in [6.45, 7) is 11.4. The van der Waals surface area contributed by atoms with Crippen LogP contribution in [0.5, 0.6) is 0 Å². The maximum atomic E-state index is 11.9. The van der Waals surface area contributed by atoms with Crippen molar-refractivity contribution in [1.29, 1.82) is 0 Å². The summed E-state index contributed by atoms with van der Waals surface area (Å²) >= 11 is 0. The van der Waals surface area contributed by atoms with Gasteiger partial charge in [-0.1, -0.05) is 20.3 Å². The minimum absolute atomic E-state index is 0.258. The SMILES string of the molecule is CCC(C)CNC1CCC2(CC1)CC2NC(=O)OC(C)(C)C. The van der Waals surface area contributed by atoms with E-state index in [1.807, 2.05) is 20.8 Å². The first-order chi connectivity index (χ1) is 10.2. The van der Waals surface area contributed by atoms with Crippen molar-refractivity contribution < 1.29 is 9.53 Å². The molecule has 0 aromatic carbocycles. The second kappa shape index (κ2) is 6.77. The standard InChI is InChI=1S/C18H34N2O2/c1-6-13(2)12-19-14-7-9-18(10-8-14)11-15(18)20-16(21)22-17(3,4)5/h13-15,19H,6-12H2,1-5H3,(H,20,21). The molecule has 0 bridgehead atoms. The molecule has 2 N–H and O–H groups in total. The van der Waals surface area contributed by atoms with Crippen LogP contribution in [0.2, 0.25) is 0 Å². The molecule has 2 aliphatic carbocycles. The van der Waals surface area contributed by atoms with E-state index in [0.717, 1.165) is 18.9 Å². The zero-order valence-electron chi connectivity index (χ0n) is 15.0. The molecule has 0 radical (unpaired) electrons. The van der Waals surface area contributed by atoms with Crippen LogP contribution in [0.25, 0.3) is 0 Å². The van der Waals surface area contributed by atoms with Crippen LogP contribution in [-0.2, 0) is 4.74 Å². The average Bonchev–Trinajstić information content (AvgIpc) is 3.07. The van der Waals surface area contributed by atoms with Crippen molar-refractivity contribution in [3.8, 4) is 0 Å². The maximum Gasteiger partial charge on any atom is 0.407 e. The van der Waals surface area contributed by atoms with E-state index in [1.165, 1.54) is 32.1 Å². The molecule has 0 aromatic rings. The van der Waals surface area contributed by atoms with Crippen LogP contribution < -0.4 is 10.6 Å². The Bertz CT molecular complexity index is 381. The third kappa shape index (κ3) is 4.87. The summed E-state index contributed by atoms with van der Waals surface area (Å²) in [6, 6.07) is 1.00. The van der Waals surface area contributed by atoms with E-state index < -0.39 is 5.60 Å². The lowest BCUT2D eigenvalue weighted by Gasteiger charge is -2.31. The topological polar surface area (TPSA) is 50.4 Å². The molecule has 22 heavy (non-hydrogen) atoms. The highest BCUT2D eigenvalue weighted by Gasteiger charge is 2.55. The Hall–Kier alpha value is -0.770. The normalized spacial score (nSPS) is 32.6. The number of amides is 1. The maximum absolute atomic E-state index is 11.9. The fourth-order valence-corrected chi connectivity index (χ4v) is 3.46. The van der Waals surface area contributed by atoms with Gasteiger partial charge in [-0.05, 0) is 70.8 Å². The summed E-state index contributed by atoms with van der Waals surface area (Å²) in [7, 11) is 0. The highest BCUT2D eigenvalue weighted by Crippen LogP contribution is 2.56. The molecule has 4 nitrogen and oxygen atoms in total. The molecule has 2 unspecified atom stereocenters. The first-order valence-corrected chi connectivity index (χ1v) is 8.97. The number of ether oxygens (including phenoxy) is 1. The van der Waals surface area contributed by atoms with Crippen molar-refractivity contribution in [2.75, 3.05) is 6.54 Å². The fourth-order valence-electron chi connectivity index (χ4n) is 3.46. The van der Waals surface area contributed by atoms with E-state index in [4.69, 9.17) is 4.74 Å². The third-order valence-electron chi connectivity index (χ3n) is 5.31. The van der Waals surface area contributed by atoms with E-state index in [-0.39, 0.29) is 6.09 Å². The molecule has 128 valence electrons. The summed E-state index contributed by atoms with van der Waals surface area (Å²) in [5, 5.41) is 6.78. The summed E-state index contributed by atoms with van der Waals surface area (Å²) in [4.78, 5) is 11.9. The Morgan fingerprint density at radius 2 is 1.95 bits per heavy atom. The highest BCUT2D eigenvalue weighted by molar-refractivity contribution is 5.68. The zero-order chi connectivity index (χ0) is 16.4. The molecule has 0 aliphatic heterocycles. The minimum Gasteiger partial charge on any atom is -0.444 e. The molecule has 0 heterocycles. The number of carbonyl (C=O) groups excluding carboxylic acids is 1. The average molecular weight is 310 g/mol. The molecule has 4 heteroatoms. The van der Waals surface area contributed by atoms with Gasteiger partial charge in [0.1, 0.15) is 5.60 Å². The summed E-state index contributed by atoms with van der Waals surface area (Å²) < 4.78 is 5.36. The highest BCUT2D eigenvalue weighted by atomic mass is 16.6. The molecule has 1 spiro atoms. The van der Waals surface area contributed by atoms with Gasteiger partial charge in [0.05, 0.1) is 0 Å². The van der Waals surface area contributed by atoms with E-state index in [2.05, 4.69) is 24.5 Å². The van der Waals surface area contributed by atoms with Gasteiger partial charge in [0, 0.05) is 12.1 Å². The number of rotatable bonds is 5. The van der Waals surface area contributed by atoms with Crippen LogP contribution in [0, 0.1) is 11.3 Å². The monoisotopic (exact) mass is 310 g/mol. The molecular formula is C18H34N2O2. The molecule has 0 aromatic heterocycles. The zero-order valence-corrected chi connectivity index (χ0v) is 15.0. The van der Waals surface area contributed by atoms with Crippen molar-refractivity contribution in [1.82, 2.24) is 10.6 Å². The Kier molecular flexibility index (Phi) is 5.41. The number of alkyl carbamates (subject to hydrolysis) is 1. The Labute approximate surface area is 135 Å². The van der Waals surface area contributed by atoms with Gasteiger partial charge in [-0.25, -0.2) is 4.79 Å². The van der Waals surface area contributed by atoms with E-state index in [0.29, 0.717) is 17.5 Å². The molecule has 1 amide bonds. The summed E-state index contributed by atoms with van der Waals surface area (Å²) in [5.41, 5.74) is -0.0465. The molecule has 2 saturated carbocycles. The van der Waals surface area contributed by atoms with Gasteiger partial charge in [-0.2, -0.15) is 0 Å². The van der Waals surface area contributed by atoms with Crippen molar-refractivity contribution >= 4 is 6.09 Å². The van der Waals surface area contributed by atoms with Gasteiger partial charge < -0.3 is 15.4 Å². The molecule has 0 saturated heterocycles. The largest absolute Gasteiger partial charge is 0.444 e. The van der Waals surface area contributed by atoms with Gasteiger partial charge in [-0.3, -0.25) is 0 Å². The van der Waals surface area contributed by atoms with Gasteiger partial charge >= 0.3 is 6.09 Å². The van der Waals surface area contributed by atoms with Gasteiger partial charge in [0.15, 0.2) is 0 Å². The van der Waals surface area contributed by atoms with E-state index in [9.17, 15) is 4.79 Å². The molecule has 2 atom stereocenters. The van der Waals surface area contributed by atoms with Gasteiger partial charge in [-0.15, -0.1) is 0 Å². The fraction of sp³-hybridized carbons (Fsp3) is 0.944. The van der Waals surface area contributed by atoms with Gasteiger partial charge in [0.25, 0.3) is 0 Å². The van der Waals surface area contributed by atoms with Crippen LogP contribution in [0.4, 0.5) is 4.79 Å². The van der Waals surface area contributed by atoms with Crippen LogP contribution >= 0.6 is 0 Å². The lowest BCUT2D eigenvalue weighted by molar-refractivity contribution is 0.0512. The van der Waals surface area contributed by atoms with Crippen LogP contribution in [-0.4, -0.2) is 30.3 Å². The second-order valence-corrected chi connectivity index (χ2v) is 8.46. The first-order valence-electron chi connectivity index (χ1n) is 8.97. The molecule has 2 fully saturated rings. The lowest BCUT2D eigenvalue weighted by Crippen LogP contribution is -2.39. The number of hydrogen-bond acceptors (Lipinski definition) is 3. The third-order valence-corrected chi connectivity index (χ3v) is 5.31. The van der Waals surface area contributed by atoms with Crippen LogP contribution in [0.15, 0.2) is 0 Å². The van der Waals surface area contributed by atoms with Crippen molar-refractivity contribution in [2.45, 2.75) is 90.8 Å². The molecule has 2 rings (SSSR count). The lowest BCUT2D eigenvalue weighted by atomic mass is 9.82. The predicted molar refractivity (Wildman–Crippen MR) is 89.9 cm³/mol. The van der Waals surface area contributed by atoms with Crippen LogP contribution in [0.1, 0.15) is 73.1 Å². The Balaban J connectivity index is 1.68. The smallest absolute Gasteiger partial charge is 0.407 e. The summed E-state index contributed by atoms with van der Waals surface area (Å²) in [5.74, 6) is 0.762. The van der Waals surface area contributed by atoms with Crippen molar-refractivity contribution in [2.24, 2.45) is 11.3 Å². The molecular weight excluding hydrogens is 276 g/mol. The van der Waals surface area contributed by atoms with E-state index in [1.54, 1.807) is 0 Å². The number of hydrogen-bond donors (Lipinski definition) is 2.